The van der Waals surface area contributed by atoms with E-state index in [0.717, 1.165) is 29.7 Å². The van der Waals surface area contributed by atoms with Crippen molar-refractivity contribution < 1.29 is 4.74 Å². The summed E-state index contributed by atoms with van der Waals surface area (Å²) >= 11 is 0. The highest BCUT2D eigenvalue weighted by Crippen LogP contribution is 2.24. The van der Waals surface area contributed by atoms with Gasteiger partial charge in [-0.2, -0.15) is 5.26 Å². The Morgan fingerprint density at radius 1 is 1.05 bits per heavy atom. The molecule has 1 atom stereocenters. The highest BCUT2D eigenvalue weighted by molar-refractivity contribution is 5.35. The highest BCUT2D eigenvalue weighted by Gasteiger charge is 2.12. The monoisotopic (exact) mass is 293 g/mol. The molecule has 0 N–H and O–H groups in total. The fraction of sp³-hybridized carbons (Fsp3) is 0.350. The zero-order valence-electron chi connectivity index (χ0n) is 13.6. The molecule has 0 amide bonds. The number of hydrogen-bond acceptors (Lipinski definition) is 2. The van der Waals surface area contributed by atoms with Crippen molar-refractivity contribution in [1.82, 2.24) is 0 Å². The minimum Gasteiger partial charge on any atom is -0.493 e. The van der Waals surface area contributed by atoms with Crippen LogP contribution in [0.5, 0.6) is 5.75 Å². The van der Waals surface area contributed by atoms with E-state index in [1.807, 2.05) is 24.3 Å². The van der Waals surface area contributed by atoms with E-state index >= 15 is 0 Å². The second-order valence-corrected chi connectivity index (χ2v) is 5.80. The minimum absolute atomic E-state index is 0.0519. The lowest BCUT2D eigenvalue weighted by molar-refractivity contribution is 0.303. The molecule has 1 unspecified atom stereocenters. The van der Waals surface area contributed by atoms with E-state index in [2.05, 4.69) is 45.0 Å². The molecule has 2 aromatic carbocycles. The number of rotatable bonds is 6. The lowest BCUT2D eigenvalue weighted by atomic mass is 9.92. The lowest BCUT2D eigenvalue weighted by Crippen LogP contribution is -2.04. The normalized spacial score (nSPS) is 11.7. The van der Waals surface area contributed by atoms with Gasteiger partial charge in [0.05, 0.1) is 18.6 Å². The molecule has 0 saturated heterocycles. The Kier molecular flexibility index (Phi) is 5.61. The molecule has 2 rings (SSSR count). The summed E-state index contributed by atoms with van der Waals surface area (Å²) < 4.78 is 5.84. The van der Waals surface area contributed by atoms with Gasteiger partial charge in [0.15, 0.2) is 0 Å². The van der Waals surface area contributed by atoms with Gasteiger partial charge in [0.1, 0.15) is 5.75 Å². The van der Waals surface area contributed by atoms with Gasteiger partial charge >= 0.3 is 0 Å². The van der Waals surface area contributed by atoms with Crippen molar-refractivity contribution in [3.63, 3.8) is 0 Å². The molecule has 0 saturated carbocycles. The van der Waals surface area contributed by atoms with E-state index in [-0.39, 0.29) is 5.92 Å². The number of nitriles is 1. The molecule has 0 fully saturated rings. The summed E-state index contributed by atoms with van der Waals surface area (Å²) in [6, 6.07) is 16.8. The predicted octanol–water partition coefficient (Wildman–Crippen LogP) is 5.08. The molecule has 0 bridgehead atoms. The molecule has 114 valence electrons. The average Bonchev–Trinajstić information content (AvgIpc) is 2.50. The van der Waals surface area contributed by atoms with Crippen molar-refractivity contribution in [3.05, 3.63) is 64.7 Å². The SMILES string of the molecule is Cc1ccc(OCCCC(C#N)c2ccccc2C)c(C)c1. The second-order valence-electron chi connectivity index (χ2n) is 5.80. The van der Waals surface area contributed by atoms with Gasteiger partial charge in [0, 0.05) is 0 Å². The number of benzene rings is 2. The first-order valence-corrected chi connectivity index (χ1v) is 7.77. The molecule has 0 aromatic heterocycles. The van der Waals surface area contributed by atoms with Gasteiger partial charge in [0.2, 0.25) is 0 Å². The van der Waals surface area contributed by atoms with Crippen LogP contribution in [-0.4, -0.2) is 6.61 Å². The number of ether oxygens (including phenoxy) is 1. The van der Waals surface area contributed by atoms with Crippen LogP contribution in [0.15, 0.2) is 42.5 Å². The molecule has 2 aromatic rings. The summed E-state index contributed by atoms with van der Waals surface area (Å²) in [6.45, 7) is 6.85. The Morgan fingerprint density at radius 3 is 2.50 bits per heavy atom. The molecule has 0 heterocycles. The molecule has 0 spiro atoms. The summed E-state index contributed by atoms with van der Waals surface area (Å²) in [4.78, 5) is 0. The van der Waals surface area contributed by atoms with Crippen LogP contribution in [-0.2, 0) is 0 Å². The highest BCUT2D eigenvalue weighted by atomic mass is 16.5. The maximum absolute atomic E-state index is 9.40. The van der Waals surface area contributed by atoms with Crippen molar-refractivity contribution in [2.45, 2.75) is 39.5 Å². The third-order valence-electron chi connectivity index (χ3n) is 3.94. The summed E-state index contributed by atoms with van der Waals surface area (Å²) in [5.41, 5.74) is 4.73. The summed E-state index contributed by atoms with van der Waals surface area (Å²) in [5.74, 6) is 0.888. The topological polar surface area (TPSA) is 33.0 Å². The molecule has 0 aliphatic rings. The Morgan fingerprint density at radius 2 is 1.82 bits per heavy atom. The third kappa shape index (κ3) is 4.11. The van der Waals surface area contributed by atoms with Gasteiger partial charge in [0.25, 0.3) is 0 Å². The quantitative estimate of drug-likeness (QED) is 0.696. The fourth-order valence-electron chi connectivity index (χ4n) is 2.70. The van der Waals surface area contributed by atoms with Crippen molar-refractivity contribution in [3.8, 4) is 11.8 Å². The van der Waals surface area contributed by atoms with Gasteiger partial charge in [-0.05, 0) is 56.4 Å². The van der Waals surface area contributed by atoms with Crippen molar-refractivity contribution in [2.75, 3.05) is 6.61 Å². The van der Waals surface area contributed by atoms with E-state index in [4.69, 9.17) is 4.74 Å². The van der Waals surface area contributed by atoms with E-state index in [0.29, 0.717) is 6.61 Å². The Bertz CT molecular complexity index is 670. The maximum atomic E-state index is 9.40. The van der Waals surface area contributed by atoms with Gasteiger partial charge < -0.3 is 4.74 Å². The van der Waals surface area contributed by atoms with Crippen LogP contribution in [0.3, 0.4) is 0 Å². The average molecular weight is 293 g/mol. The smallest absolute Gasteiger partial charge is 0.122 e. The summed E-state index contributed by atoms with van der Waals surface area (Å²) in [6.07, 6.45) is 1.70. The molecule has 0 radical (unpaired) electrons. The maximum Gasteiger partial charge on any atom is 0.122 e. The lowest BCUT2D eigenvalue weighted by Gasteiger charge is -2.13. The largest absolute Gasteiger partial charge is 0.493 e. The molecule has 22 heavy (non-hydrogen) atoms. The van der Waals surface area contributed by atoms with Crippen LogP contribution < -0.4 is 4.74 Å². The standard InChI is InChI=1S/C20H23NO/c1-15-10-11-20(17(3)13-15)22-12-6-8-18(14-21)19-9-5-4-7-16(19)2/h4-5,7,9-11,13,18H,6,8,12H2,1-3H3. The molecular formula is C20H23NO. The second kappa shape index (κ2) is 7.66. The number of hydrogen-bond donors (Lipinski definition) is 0. The molecule has 0 aliphatic carbocycles. The fourth-order valence-corrected chi connectivity index (χ4v) is 2.70. The van der Waals surface area contributed by atoms with E-state index in [1.165, 1.54) is 11.1 Å². The van der Waals surface area contributed by atoms with E-state index < -0.39 is 0 Å². The number of nitrogens with zero attached hydrogens (tertiary/aromatic N) is 1. The van der Waals surface area contributed by atoms with Gasteiger partial charge in [-0.1, -0.05) is 42.0 Å². The van der Waals surface area contributed by atoms with Crippen LogP contribution in [0.25, 0.3) is 0 Å². The van der Waals surface area contributed by atoms with Crippen LogP contribution in [0, 0.1) is 32.1 Å². The molecule has 0 aliphatic heterocycles. The van der Waals surface area contributed by atoms with Crippen LogP contribution in [0.2, 0.25) is 0 Å². The van der Waals surface area contributed by atoms with Crippen molar-refractivity contribution >= 4 is 0 Å². The third-order valence-corrected chi connectivity index (χ3v) is 3.94. The Hall–Kier alpha value is -2.27. The molecule has 2 heteroatoms. The first-order valence-electron chi connectivity index (χ1n) is 7.77. The summed E-state index contributed by atoms with van der Waals surface area (Å²) in [7, 11) is 0. The van der Waals surface area contributed by atoms with E-state index in [1.54, 1.807) is 0 Å². The first-order chi connectivity index (χ1) is 10.6. The van der Waals surface area contributed by atoms with Crippen LogP contribution in [0.1, 0.15) is 41.0 Å². The number of aryl methyl sites for hydroxylation is 3. The zero-order valence-corrected chi connectivity index (χ0v) is 13.6. The summed E-state index contributed by atoms with van der Waals surface area (Å²) in [5, 5.41) is 9.40. The van der Waals surface area contributed by atoms with Gasteiger partial charge in [-0.25, -0.2) is 0 Å². The van der Waals surface area contributed by atoms with E-state index in [9.17, 15) is 5.26 Å². The molecular weight excluding hydrogens is 270 g/mol. The van der Waals surface area contributed by atoms with Gasteiger partial charge in [-0.15, -0.1) is 0 Å². The van der Waals surface area contributed by atoms with Crippen LogP contribution in [0.4, 0.5) is 0 Å². The molecule has 2 nitrogen and oxygen atoms in total. The zero-order chi connectivity index (χ0) is 15.9. The Labute approximate surface area is 133 Å². The Balaban J connectivity index is 1.87. The first kappa shape index (κ1) is 16.1. The van der Waals surface area contributed by atoms with Gasteiger partial charge in [-0.3, -0.25) is 0 Å². The van der Waals surface area contributed by atoms with Crippen molar-refractivity contribution in [2.24, 2.45) is 0 Å². The van der Waals surface area contributed by atoms with Crippen molar-refractivity contribution in [1.29, 1.82) is 5.26 Å². The van der Waals surface area contributed by atoms with Crippen LogP contribution >= 0.6 is 0 Å². The minimum atomic E-state index is -0.0519. The predicted molar refractivity (Wildman–Crippen MR) is 90.2 cm³/mol.